The van der Waals surface area contributed by atoms with Crippen molar-refractivity contribution in [2.45, 2.75) is 24.8 Å². The van der Waals surface area contributed by atoms with E-state index in [-0.39, 0.29) is 17.8 Å². The van der Waals surface area contributed by atoms with Crippen LogP contribution in [0.15, 0.2) is 39.8 Å². The fourth-order valence-corrected chi connectivity index (χ4v) is 3.91. The maximum absolute atomic E-state index is 14.3. The maximum Gasteiger partial charge on any atom is 0.439 e. The van der Waals surface area contributed by atoms with Gasteiger partial charge in [-0.25, -0.2) is 22.9 Å². The molecule has 4 aromatic rings. The average molecular weight is 401 g/mol. The summed E-state index contributed by atoms with van der Waals surface area (Å²) in [5.74, 6) is -4.09. The van der Waals surface area contributed by atoms with Crippen molar-refractivity contribution in [3.63, 3.8) is 0 Å². The SMILES string of the molecule is N[C@H]1Cc2c(nc3cc(-c4noc(=O)[nH]4)ccn23)C[C@@H]1c1cc(F)c(F)cc1F. The lowest BCUT2D eigenvalue weighted by atomic mass is 9.80. The third kappa shape index (κ3) is 2.83. The molecule has 1 aliphatic rings. The number of hydrogen-bond donors (Lipinski definition) is 2. The van der Waals surface area contributed by atoms with Crippen LogP contribution in [0.2, 0.25) is 0 Å². The van der Waals surface area contributed by atoms with Crippen molar-refractivity contribution < 1.29 is 17.7 Å². The highest BCUT2D eigenvalue weighted by molar-refractivity contribution is 5.61. The molecule has 0 radical (unpaired) electrons. The number of nitrogens with two attached hydrogens (primary N) is 1. The quantitative estimate of drug-likeness (QED) is 0.502. The maximum atomic E-state index is 14.3. The van der Waals surface area contributed by atoms with Crippen molar-refractivity contribution in [2.24, 2.45) is 5.73 Å². The summed E-state index contributed by atoms with van der Waals surface area (Å²) in [6.45, 7) is 0. The van der Waals surface area contributed by atoms with Gasteiger partial charge in [-0.05, 0) is 30.2 Å². The lowest BCUT2D eigenvalue weighted by Crippen LogP contribution is -2.37. The van der Waals surface area contributed by atoms with Crippen molar-refractivity contribution in [3.8, 4) is 11.4 Å². The van der Waals surface area contributed by atoms with Gasteiger partial charge in [-0.15, -0.1) is 0 Å². The second kappa shape index (κ2) is 6.31. The van der Waals surface area contributed by atoms with Gasteiger partial charge in [0, 0.05) is 41.9 Å². The highest BCUT2D eigenvalue weighted by atomic mass is 19.2. The first-order valence-electron chi connectivity index (χ1n) is 8.87. The van der Waals surface area contributed by atoms with Gasteiger partial charge in [-0.2, -0.15) is 0 Å². The molecule has 3 aromatic heterocycles. The largest absolute Gasteiger partial charge is 0.439 e. The molecule has 0 saturated carbocycles. The summed E-state index contributed by atoms with van der Waals surface area (Å²) in [6, 6.07) is 4.39. The Kier molecular flexibility index (Phi) is 3.85. The zero-order valence-electron chi connectivity index (χ0n) is 14.8. The number of aromatic nitrogens is 4. The summed E-state index contributed by atoms with van der Waals surface area (Å²) in [5.41, 5.74) is 9.08. The smallest absolute Gasteiger partial charge is 0.327 e. The van der Waals surface area contributed by atoms with E-state index in [1.165, 1.54) is 0 Å². The summed E-state index contributed by atoms with van der Waals surface area (Å²) >= 11 is 0. The molecular formula is C19H14F3N5O2. The van der Waals surface area contributed by atoms with Crippen molar-refractivity contribution in [1.29, 1.82) is 0 Å². The first-order chi connectivity index (χ1) is 13.9. The Bertz CT molecular complexity index is 1310. The third-order valence-corrected chi connectivity index (χ3v) is 5.32. The molecule has 3 heterocycles. The van der Waals surface area contributed by atoms with Gasteiger partial charge in [-0.3, -0.25) is 9.51 Å². The predicted octanol–water partition coefficient (Wildman–Crippen LogP) is 2.30. The minimum absolute atomic E-state index is 0.0416. The average Bonchev–Trinajstić information content (AvgIpc) is 3.27. The molecule has 1 aliphatic carbocycles. The van der Waals surface area contributed by atoms with E-state index in [0.717, 1.165) is 11.8 Å². The van der Waals surface area contributed by atoms with E-state index in [1.807, 2.05) is 4.40 Å². The monoisotopic (exact) mass is 401 g/mol. The van der Waals surface area contributed by atoms with Crippen LogP contribution in [-0.2, 0) is 12.8 Å². The molecule has 0 unspecified atom stereocenters. The Morgan fingerprint density at radius 2 is 1.93 bits per heavy atom. The molecule has 0 spiro atoms. The van der Waals surface area contributed by atoms with Gasteiger partial charge >= 0.3 is 5.76 Å². The van der Waals surface area contributed by atoms with Gasteiger partial charge in [0.1, 0.15) is 11.5 Å². The Hall–Kier alpha value is -3.40. The molecule has 2 atom stereocenters. The molecule has 5 rings (SSSR count). The zero-order valence-corrected chi connectivity index (χ0v) is 14.8. The number of fused-ring (bicyclic) bond motifs is 3. The van der Waals surface area contributed by atoms with Crippen LogP contribution in [0.1, 0.15) is 22.9 Å². The lowest BCUT2D eigenvalue weighted by molar-refractivity contribution is 0.388. The molecule has 7 nitrogen and oxygen atoms in total. The summed E-state index contributed by atoms with van der Waals surface area (Å²) in [6.07, 6.45) is 2.45. The fraction of sp³-hybridized carbons (Fsp3) is 0.211. The Labute approximate surface area is 161 Å². The van der Waals surface area contributed by atoms with Crippen molar-refractivity contribution in [1.82, 2.24) is 19.5 Å². The van der Waals surface area contributed by atoms with Gasteiger partial charge < -0.3 is 10.1 Å². The van der Waals surface area contributed by atoms with Crippen LogP contribution in [0.3, 0.4) is 0 Å². The van der Waals surface area contributed by atoms with Gasteiger partial charge in [0.05, 0.1) is 5.69 Å². The first-order valence-corrected chi connectivity index (χ1v) is 8.87. The number of aromatic amines is 1. The van der Waals surface area contributed by atoms with E-state index in [9.17, 15) is 18.0 Å². The van der Waals surface area contributed by atoms with Gasteiger partial charge in [0.15, 0.2) is 17.5 Å². The third-order valence-electron chi connectivity index (χ3n) is 5.32. The normalized spacial score (nSPS) is 18.9. The van der Waals surface area contributed by atoms with Crippen LogP contribution in [-0.4, -0.2) is 25.6 Å². The highest BCUT2D eigenvalue weighted by Crippen LogP contribution is 2.34. The number of imidazole rings is 1. The minimum Gasteiger partial charge on any atom is -0.327 e. The molecule has 1 aromatic carbocycles. The lowest BCUT2D eigenvalue weighted by Gasteiger charge is -2.29. The number of H-pyrrole nitrogens is 1. The molecule has 0 amide bonds. The number of halogens is 3. The van der Waals surface area contributed by atoms with Crippen LogP contribution in [0.5, 0.6) is 0 Å². The number of hydrogen-bond acceptors (Lipinski definition) is 5. The van der Waals surface area contributed by atoms with Crippen LogP contribution in [0, 0.1) is 17.5 Å². The highest BCUT2D eigenvalue weighted by Gasteiger charge is 2.33. The van der Waals surface area contributed by atoms with Gasteiger partial charge in [-0.1, -0.05) is 5.16 Å². The topological polar surface area (TPSA) is 102 Å². The second-order valence-electron chi connectivity index (χ2n) is 7.06. The summed E-state index contributed by atoms with van der Waals surface area (Å²) in [4.78, 5) is 18.2. The molecular weight excluding hydrogens is 387 g/mol. The summed E-state index contributed by atoms with van der Waals surface area (Å²) in [5, 5.41) is 3.66. The van der Waals surface area contributed by atoms with Crippen LogP contribution in [0.25, 0.3) is 17.0 Å². The van der Waals surface area contributed by atoms with E-state index in [0.29, 0.717) is 29.4 Å². The number of nitrogens with one attached hydrogen (secondary N) is 1. The van der Waals surface area contributed by atoms with Crippen LogP contribution < -0.4 is 11.5 Å². The van der Waals surface area contributed by atoms with Crippen LogP contribution in [0.4, 0.5) is 13.2 Å². The van der Waals surface area contributed by atoms with Crippen molar-refractivity contribution in [3.05, 3.63) is 75.4 Å². The van der Waals surface area contributed by atoms with Crippen molar-refractivity contribution >= 4 is 5.65 Å². The van der Waals surface area contributed by atoms with Gasteiger partial charge in [0.2, 0.25) is 0 Å². The van der Waals surface area contributed by atoms with Crippen molar-refractivity contribution in [2.75, 3.05) is 0 Å². The molecule has 0 saturated heterocycles. The minimum atomic E-state index is -1.23. The van der Waals surface area contributed by atoms with E-state index in [4.69, 9.17) is 5.73 Å². The number of nitrogens with zero attached hydrogens (tertiary/aromatic N) is 3. The molecule has 148 valence electrons. The number of benzene rings is 1. The molecule has 0 aliphatic heterocycles. The molecule has 29 heavy (non-hydrogen) atoms. The number of rotatable bonds is 2. The Balaban J connectivity index is 1.56. The van der Waals surface area contributed by atoms with E-state index in [1.54, 1.807) is 18.3 Å². The molecule has 10 heteroatoms. The molecule has 0 bridgehead atoms. The van der Waals surface area contributed by atoms with Gasteiger partial charge in [0.25, 0.3) is 0 Å². The standard InChI is InChI=1S/C19H14F3N5O2/c20-11-6-13(22)12(21)4-9(11)10-5-15-16(7-14(10)23)27-2-1-8(3-17(27)24-15)18-25-19(28)29-26-18/h1-4,6,10,14H,5,7,23H2,(H,25,26,28)/t10-,14+/m1/s1. The van der Waals surface area contributed by atoms with Crippen LogP contribution >= 0.6 is 0 Å². The van der Waals surface area contributed by atoms with E-state index < -0.39 is 35.2 Å². The number of pyridine rings is 1. The predicted molar refractivity (Wildman–Crippen MR) is 95.8 cm³/mol. The Morgan fingerprint density at radius 1 is 1.14 bits per heavy atom. The van der Waals surface area contributed by atoms with E-state index >= 15 is 0 Å². The first kappa shape index (κ1) is 17.7. The summed E-state index contributed by atoms with van der Waals surface area (Å²) < 4.78 is 47.6. The molecule has 3 N–H and O–H groups in total. The second-order valence-corrected chi connectivity index (χ2v) is 7.06. The summed E-state index contributed by atoms with van der Waals surface area (Å²) in [7, 11) is 0. The molecule has 0 fully saturated rings. The van der Waals surface area contributed by atoms with E-state index in [2.05, 4.69) is 19.6 Å². The zero-order chi connectivity index (χ0) is 20.3. The Morgan fingerprint density at radius 3 is 2.69 bits per heavy atom. The fourth-order valence-electron chi connectivity index (χ4n) is 3.91.